The molecule has 0 aliphatic carbocycles. The molecule has 3 heterocycles. The summed E-state index contributed by atoms with van der Waals surface area (Å²) in [6, 6.07) is 15.9. The summed E-state index contributed by atoms with van der Waals surface area (Å²) in [5, 5.41) is 22.9. The highest BCUT2D eigenvalue weighted by molar-refractivity contribution is 7.18. The minimum absolute atomic E-state index is 0.269. The lowest BCUT2D eigenvalue weighted by Crippen LogP contribution is -2.31. The smallest absolute Gasteiger partial charge is 0.207 e. The van der Waals surface area contributed by atoms with Crippen molar-refractivity contribution in [2.75, 3.05) is 5.32 Å². The molecule has 1 unspecified atom stereocenters. The molecule has 0 radical (unpaired) electrons. The number of anilines is 1. The van der Waals surface area contributed by atoms with Gasteiger partial charge in [-0.2, -0.15) is 5.26 Å². The van der Waals surface area contributed by atoms with E-state index >= 15 is 0 Å². The molecule has 7 nitrogen and oxygen atoms in total. The van der Waals surface area contributed by atoms with Crippen LogP contribution in [0.1, 0.15) is 11.1 Å². The van der Waals surface area contributed by atoms with Gasteiger partial charge >= 0.3 is 0 Å². The van der Waals surface area contributed by atoms with Crippen molar-refractivity contribution in [2.45, 2.75) is 12.6 Å². The first-order chi connectivity index (χ1) is 13.2. The van der Waals surface area contributed by atoms with Crippen molar-refractivity contribution in [2.24, 2.45) is 5.73 Å². The predicted octanol–water partition coefficient (Wildman–Crippen LogP) is 2.96. The second-order valence-electron chi connectivity index (χ2n) is 5.92. The van der Waals surface area contributed by atoms with E-state index in [9.17, 15) is 5.26 Å². The van der Waals surface area contributed by atoms with Crippen LogP contribution in [0.4, 0.5) is 5.13 Å². The molecule has 0 saturated heterocycles. The fraction of sp³-hybridized carbons (Fsp3) is 0.105. The molecule has 0 fully saturated rings. The Balaban J connectivity index is 1.54. The zero-order chi connectivity index (χ0) is 18.6. The number of nitriles is 1. The molecule has 8 heteroatoms. The average molecular weight is 373 g/mol. The number of nitrogens with zero attached hydrogens (tertiary/aromatic N) is 5. The third kappa shape index (κ3) is 3.74. The predicted molar refractivity (Wildman–Crippen MR) is 105 cm³/mol. The zero-order valence-electron chi connectivity index (χ0n) is 14.2. The molecule has 0 saturated carbocycles. The molecule has 27 heavy (non-hydrogen) atoms. The number of nitrogens with one attached hydrogen (secondary N) is 1. The second kappa shape index (κ2) is 7.45. The Labute approximate surface area is 159 Å². The number of fused-ring (bicyclic) bond motifs is 1. The molecule has 0 aliphatic rings. The number of benzene rings is 1. The monoisotopic (exact) mass is 373 g/mol. The normalized spacial score (nSPS) is 11.9. The second-order valence-corrected chi connectivity index (χ2v) is 6.90. The van der Waals surface area contributed by atoms with E-state index in [1.807, 2.05) is 42.5 Å². The van der Waals surface area contributed by atoms with E-state index in [0.717, 1.165) is 10.9 Å². The van der Waals surface area contributed by atoms with Gasteiger partial charge in [-0.3, -0.25) is 4.98 Å². The third-order valence-corrected chi connectivity index (χ3v) is 4.85. The maximum Gasteiger partial charge on any atom is 0.207 e. The molecule has 0 spiro atoms. The molecule has 4 rings (SSSR count). The fourth-order valence-corrected chi connectivity index (χ4v) is 3.48. The van der Waals surface area contributed by atoms with Gasteiger partial charge in [-0.05, 0) is 17.7 Å². The molecular weight excluding hydrogens is 358 g/mol. The van der Waals surface area contributed by atoms with Gasteiger partial charge in [0.15, 0.2) is 5.01 Å². The molecule has 132 valence electrons. The summed E-state index contributed by atoms with van der Waals surface area (Å²) < 4.78 is 0. The Hall–Kier alpha value is -3.41. The molecule has 3 N–H and O–H groups in total. The molecule has 3 aromatic heterocycles. The lowest BCUT2D eigenvalue weighted by Gasteiger charge is -2.12. The van der Waals surface area contributed by atoms with Crippen molar-refractivity contribution in [3.8, 4) is 16.8 Å². The first kappa shape index (κ1) is 17.0. The molecular formula is C19H15N7S. The summed E-state index contributed by atoms with van der Waals surface area (Å²) >= 11 is 1.37. The van der Waals surface area contributed by atoms with Gasteiger partial charge in [-0.1, -0.05) is 41.7 Å². The molecule has 4 aromatic rings. The summed E-state index contributed by atoms with van der Waals surface area (Å²) in [5.74, 6) is 0. The third-order valence-electron chi connectivity index (χ3n) is 3.97. The summed E-state index contributed by atoms with van der Waals surface area (Å²) in [7, 11) is 0. The quantitative estimate of drug-likeness (QED) is 0.517. The lowest BCUT2D eigenvalue weighted by atomic mass is 10.1. The summed E-state index contributed by atoms with van der Waals surface area (Å²) in [6.45, 7) is 0. The fourth-order valence-electron chi connectivity index (χ4n) is 2.71. The number of aromatic nitrogens is 4. The van der Waals surface area contributed by atoms with E-state index in [1.165, 1.54) is 17.5 Å². The first-order valence-corrected chi connectivity index (χ1v) is 9.09. The van der Waals surface area contributed by atoms with E-state index in [4.69, 9.17) is 5.73 Å². The molecule has 1 aromatic carbocycles. The Morgan fingerprint density at radius 2 is 1.96 bits per heavy atom. The van der Waals surface area contributed by atoms with Crippen molar-refractivity contribution in [1.82, 2.24) is 20.2 Å². The minimum atomic E-state index is -0.269. The van der Waals surface area contributed by atoms with Crippen LogP contribution in [0.15, 0.2) is 54.9 Å². The van der Waals surface area contributed by atoms with Gasteiger partial charge in [0.1, 0.15) is 11.8 Å². The highest BCUT2D eigenvalue weighted by Gasteiger charge is 2.12. The maximum atomic E-state index is 9.24. The molecule has 0 bridgehead atoms. The maximum absolute atomic E-state index is 9.24. The van der Waals surface area contributed by atoms with Crippen LogP contribution in [-0.2, 0) is 6.42 Å². The van der Waals surface area contributed by atoms with Crippen LogP contribution in [0.5, 0.6) is 0 Å². The van der Waals surface area contributed by atoms with Gasteiger partial charge in [0, 0.05) is 24.2 Å². The van der Waals surface area contributed by atoms with Gasteiger partial charge in [0.2, 0.25) is 5.13 Å². The van der Waals surface area contributed by atoms with E-state index < -0.39 is 0 Å². The van der Waals surface area contributed by atoms with Crippen molar-refractivity contribution < 1.29 is 0 Å². The van der Waals surface area contributed by atoms with Crippen LogP contribution in [0, 0.1) is 11.3 Å². The Morgan fingerprint density at radius 1 is 1.11 bits per heavy atom. The number of nitrogens with two attached hydrogens (primary N) is 1. The summed E-state index contributed by atoms with van der Waals surface area (Å²) in [6.07, 6.45) is 3.61. The number of pyridine rings is 2. The van der Waals surface area contributed by atoms with Gasteiger partial charge < -0.3 is 11.1 Å². The molecule has 0 amide bonds. The number of hydrogen-bond acceptors (Lipinski definition) is 8. The Morgan fingerprint density at radius 3 is 2.78 bits per heavy atom. The summed E-state index contributed by atoms with van der Waals surface area (Å²) in [5.41, 5.74) is 9.02. The van der Waals surface area contributed by atoms with Crippen LogP contribution in [0.25, 0.3) is 21.6 Å². The lowest BCUT2D eigenvalue weighted by molar-refractivity contribution is 0.750. The van der Waals surface area contributed by atoms with Crippen LogP contribution < -0.4 is 11.1 Å². The Bertz CT molecular complexity index is 1120. The van der Waals surface area contributed by atoms with Gasteiger partial charge in [-0.25, -0.2) is 4.98 Å². The van der Waals surface area contributed by atoms with Crippen molar-refractivity contribution >= 4 is 27.4 Å². The Kier molecular flexibility index (Phi) is 4.70. The van der Waals surface area contributed by atoms with Gasteiger partial charge in [-0.15, -0.1) is 10.2 Å². The number of hydrogen-bond donors (Lipinski definition) is 2. The van der Waals surface area contributed by atoms with E-state index in [2.05, 4.69) is 31.6 Å². The minimum Gasteiger partial charge on any atom is -0.345 e. The highest BCUT2D eigenvalue weighted by atomic mass is 32.1. The standard InChI is InChI=1S/C19H15N7S/c20-9-14-11-22-10-13-6-7-15(23-17(13)14)18-25-26-19(27-18)24-16(21)8-12-4-2-1-3-5-12/h1-7,10-11,16H,8,21H2,(H,24,26). The zero-order valence-corrected chi connectivity index (χ0v) is 15.0. The highest BCUT2D eigenvalue weighted by Crippen LogP contribution is 2.27. The number of rotatable bonds is 5. The first-order valence-electron chi connectivity index (χ1n) is 8.28. The van der Waals surface area contributed by atoms with Crippen molar-refractivity contribution in [1.29, 1.82) is 5.26 Å². The average Bonchev–Trinajstić information content (AvgIpc) is 3.16. The van der Waals surface area contributed by atoms with Gasteiger partial charge in [0.05, 0.1) is 17.2 Å². The molecule has 1 atom stereocenters. The van der Waals surface area contributed by atoms with Crippen LogP contribution in [0.2, 0.25) is 0 Å². The van der Waals surface area contributed by atoms with Crippen LogP contribution in [-0.4, -0.2) is 26.3 Å². The van der Waals surface area contributed by atoms with E-state index in [-0.39, 0.29) is 6.17 Å². The van der Waals surface area contributed by atoms with E-state index in [0.29, 0.717) is 33.3 Å². The largest absolute Gasteiger partial charge is 0.345 e. The molecule has 0 aliphatic heterocycles. The van der Waals surface area contributed by atoms with Crippen LogP contribution >= 0.6 is 11.3 Å². The van der Waals surface area contributed by atoms with Gasteiger partial charge in [0.25, 0.3) is 0 Å². The SMILES string of the molecule is N#Cc1cncc2ccc(-c3nnc(NC(N)Cc4ccccc4)s3)nc12. The van der Waals surface area contributed by atoms with E-state index in [1.54, 1.807) is 6.20 Å². The van der Waals surface area contributed by atoms with Crippen molar-refractivity contribution in [3.05, 3.63) is 66.0 Å². The summed E-state index contributed by atoms with van der Waals surface area (Å²) in [4.78, 5) is 8.61. The van der Waals surface area contributed by atoms with Crippen LogP contribution in [0.3, 0.4) is 0 Å². The topological polar surface area (TPSA) is 113 Å². The van der Waals surface area contributed by atoms with Crippen molar-refractivity contribution in [3.63, 3.8) is 0 Å².